The van der Waals surface area contributed by atoms with Crippen molar-refractivity contribution < 1.29 is 9.90 Å². The van der Waals surface area contributed by atoms with Crippen molar-refractivity contribution >= 4 is 17.6 Å². The molecule has 0 N–H and O–H groups in total. The second-order valence-electron chi connectivity index (χ2n) is 4.18. The van der Waals surface area contributed by atoms with Crippen LogP contribution in [-0.2, 0) is 6.54 Å². The van der Waals surface area contributed by atoms with Gasteiger partial charge in [-0.25, -0.2) is 4.68 Å². The molecule has 0 bridgehead atoms. The molecular weight excluding hydrogens is 252 g/mol. The summed E-state index contributed by atoms with van der Waals surface area (Å²) in [4.78, 5) is 10.9. The smallest absolute Gasteiger partial charge is 0.136 e. The van der Waals surface area contributed by atoms with Gasteiger partial charge in [-0.2, -0.15) is 5.10 Å². The number of benzene rings is 1. The van der Waals surface area contributed by atoms with Crippen molar-refractivity contribution in [3.8, 4) is 0 Å². The van der Waals surface area contributed by atoms with Crippen LogP contribution >= 0.6 is 11.6 Å². The van der Waals surface area contributed by atoms with Gasteiger partial charge in [-0.05, 0) is 19.4 Å². The number of carbonyl (C=O) groups excluding carboxylic acids is 1. The molecule has 0 aliphatic heterocycles. The fourth-order valence-electron chi connectivity index (χ4n) is 1.76. The molecule has 4 nitrogen and oxygen atoms in total. The molecule has 1 aromatic carbocycles. The van der Waals surface area contributed by atoms with Crippen LogP contribution in [0.25, 0.3) is 0 Å². The Morgan fingerprint density at radius 3 is 2.44 bits per heavy atom. The summed E-state index contributed by atoms with van der Waals surface area (Å²) in [6.07, 6.45) is 0. The molecular formula is C13H12ClN2O2-. The van der Waals surface area contributed by atoms with Gasteiger partial charge in [0.1, 0.15) is 5.15 Å². The molecule has 0 saturated carbocycles. The van der Waals surface area contributed by atoms with Gasteiger partial charge in [0.2, 0.25) is 0 Å². The SMILES string of the molecule is Cc1ccc(Cn2nc(C)c(C(=O)[O-])c2Cl)cc1. The molecule has 0 spiro atoms. The van der Waals surface area contributed by atoms with E-state index in [0.717, 1.165) is 11.1 Å². The van der Waals surface area contributed by atoms with Crippen LogP contribution in [0.5, 0.6) is 0 Å². The first kappa shape index (κ1) is 12.6. The molecule has 0 amide bonds. The highest BCUT2D eigenvalue weighted by molar-refractivity contribution is 6.32. The van der Waals surface area contributed by atoms with Gasteiger partial charge in [0, 0.05) is 0 Å². The number of carboxylic acid groups (broad SMARTS) is 1. The lowest BCUT2D eigenvalue weighted by atomic mass is 10.1. The zero-order valence-corrected chi connectivity index (χ0v) is 10.9. The van der Waals surface area contributed by atoms with Crippen LogP contribution in [0.4, 0.5) is 0 Å². The molecule has 0 atom stereocenters. The largest absolute Gasteiger partial charge is 0.545 e. The summed E-state index contributed by atoms with van der Waals surface area (Å²) in [5.74, 6) is -1.30. The lowest BCUT2D eigenvalue weighted by Gasteiger charge is -2.05. The molecule has 0 aliphatic carbocycles. The molecule has 18 heavy (non-hydrogen) atoms. The first-order valence-electron chi connectivity index (χ1n) is 5.49. The number of aromatic nitrogens is 2. The van der Waals surface area contributed by atoms with Crippen LogP contribution in [0.15, 0.2) is 24.3 Å². The normalized spacial score (nSPS) is 10.6. The standard InChI is InChI=1S/C13H13ClN2O2/c1-8-3-5-10(6-4-8)7-16-12(14)11(13(17)18)9(2)15-16/h3-6H,7H2,1-2H3,(H,17,18)/p-1. The lowest BCUT2D eigenvalue weighted by molar-refractivity contribution is -0.255. The summed E-state index contributed by atoms with van der Waals surface area (Å²) >= 11 is 5.99. The zero-order chi connectivity index (χ0) is 13.3. The number of carbonyl (C=O) groups is 1. The van der Waals surface area contributed by atoms with E-state index >= 15 is 0 Å². The molecule has 1 aromatic heterocycles. The van der Waals surface area contributed by atoms with Gasteiger partial charge < -0.3 is 9.90 Å². The first-order valence-corrected chi connectivity index (χ1v) is 5.86. The number of carboxylic acids is 1. The molecule has 0 unspecified atom stereocenters. The highest BCUT2D eigenvalue weighted by Gasteiger charge is 2.14. The number of rotatable bonds is 3. The average molecular weight is 264 g/mol. The molecule has 0 radical (unpaired) electrons. The Kier molecular flexibility index (Phi) is 3.39. The maximum Gasteiger partial charge on any atom is 0.136 e. The molecule has 2 rings (SSSR count). The predicted molar refractivity (Wildman–Crippen MR) is 66.6 cm³/mol. The molecule has 94 valence electrons. The molecule has 0 aliphatic rings. The van der Waals surface area contributed by atoms with Gasteiger partial charge in [-0.1, -0.05) is 41.4 Å². The second kappa shape index (κ2) is 4.82. The molecule has 5 heteroatoms. The summed E-state index contributed by atoms with van der Waals surface area (Å²) in [6, 6.07) is 7.89. The van der Waals surface area contributed by atoms with E-state index in [0.29, 0.717) is 12.2 Å². The molecule has 0 fully saturated rings. The van der Waals surface area contributed by atoms with Crippen molar-refractivity contribution in [3.63, 3.8) is 0 Å². The maximum atomic E-state index is 10.9. The van der Waals surface area contributed by atoms with Crippen molar-refractivity contribution in [2.45, 2.75) is 20.4 Å². The Morgan fingerprint density at radius 1 is 1.33 bits per heavy atom. The number of hydrogen-bond donors (Lipinski definition) is 0. The average Bonchev–Trinajstić information content (AvgIpc) is 2.57. The molecule has 0 saturated heterocycles. The van der Waals surface area contributed by atoms with E-state index in [-0.39, 0.29) is 10.7 Å². The summed E-state index contributed by atoms with van der Waals surface area (Å²) in [7, 11) is 0. The lowest BCUT2D eigenvalue weighted by Crippen LogP contribution is -2.23. The van der Waals surface area contributed by atoms with Gasteiger partial charge in [0.05, 0.1) is 23.8 Å². The molecule has 1 heterocycles. The Bertz CT molecular complexity index is 588. The van der Waals surface area contributed by atoms with Crippen molar-refractivity contribution in [1.82, 2.24) is 9.78 Å². The second-order valence-corrected chi connectivity index (χ2v) is 4.54. The minimum atomic E-state index is -1.30. The van der Waals surface area contributed by atoms with E-state index in [1.807, 2.05) is 31.2 Å². The monoisotopic (exact) mass is 263 g/mol. The van der Waals surface area contributed by atoms with Crippen molar-refractivity contribution in [3.05, 3.63) is 51.8 Å². The minimum absolute atomic E-state index is 0.0382. The van der Waals surface area contributed by atoms with Gasteiger partial charge >= 0.3 is 0 Å². The number of aryl methyl sites for hydroxylation is 2. The van der Waals surface area contributed by atoms with Crippen molar-refractivity contribution in [2.75, 3.05) is 0 Å². The highest BCUT2D eigenvalue weighted by Crippen LogP contribution is 2.20. The summed E-state index contributed by atoms with van der Waals surface area (Å²) in [6.45, 7) is 4.04. The third-order valence-electron chi connectivity index (χ3n) is 2.72. The molecule has 2 aromatic rings. The van der Waals surface area contributed by atoms with Gasteiger partial charge in [-0.3, -0.25) is 0 Å². The Hall–Kier alpha value is -1.81. The number of halogens is 1. The highest BCUT2D eigenvalue weighted by atomic mass is 35.5. The van der Waals surface area contributed by atoms with Crippen LogP contribution in [0, 0.1) is 13.8 Å². The fourth-order valence-corrected chi connectivity index (χ4v) is 2.07. The fraction of sp³-hybridized carbons (Fsp3) is 0.231. The van der Waals surface area contributed by atoms with Crippen molar-refractivity contribution in [1.29, 1.82) is 0 Å². The van der Waals surface area contributed by atoms with E-state index in [1.54, 1.807) is 6.92 Å². The van der Waals surface area contributed by atoms with Crippen LogP contribution in [-0.4, -0.2) is 15.7 Å². The Balaban J connectivity index is 2.33. The Morgan fingerprint density at radius 2 is 1.94 bits per heavy atom. The summed E-state index contributed by atoms with van der Waals surface area (Å²) in [5, 5.41) is 15.1. The minimum Gasteiger partial charge on any atom is -0.545 e. The quantitative estimate of drug-likeness (QED) is 0.845. The zero-order valence-electron chi connectivity index (χ0n) is 10.1. The van der Waals surface area contributed by atoms with Gasteiger partial charge in [-0.15, -0.1) is 0 Å². The van der Waals surface area contributed by atoms with Crippen LogP contribution in [0.1, 0.15) is 27.2 Å². The first-order chi connectivity index (χ1) is 8.49. The Labute approximate surface area is 110 Å². The van der Waals surface area contributed by atoms with Crippen LogP contribution in [0.3, 0.4) is 0 Å². The van der Waals surface area contributed by atoms with Crippen LogP contribution in [0.2, 0.25) is 5.15 Å². The van der Waals surface area contributed by atoms with E-state index in [2.05, 4.69) is 5.10 Å². The van der Waals surface area contributed by atoms with Gasteiger partial charge in [0.15, 0.2) is 0 Å². The van der Waals surface area contributed by atoms with Crippen LogP contribution < -0.4 is 5.11 Å². The topological polar surface area (TPSA) is 58.0 Å². The third-order valence-corrected chi connectivity index (χ3v) is 3.11. The van der Waals surface area contributed by atoms with E-state index in [4.69, 9.17) is 11.6 Å². The summed E-state index contributed by atoms with van der Waals surface area (Å²) < 4.78 is 1.46. The predicted octanol–water partition coefficient (Wildman–Crippen LogP) is 1.57. The van der Waals surface area contributed by atoms with E-state index < -0.39 is 5.97 Å². The van der Waals surface area contributed by atoms with Gasteiger partial charge in [0.25, 0.3) is 0 Å². The van der Waals surface area contributed by atoms with E-state index in [1.165, 1.54) is 4.68 Å². The number of hydrogen-bond acceptors (Lipinski definition) is 3. The number of nitrogens with zero attached hydrogens (tertiary/aromatic N) is 2. The van der Waals surface area contributed by atoms with Crippen molar-refractivity contribution in [2.24, 2.45) is 0 Å². The maximum absolute atomic E-state index is 10.9. The number of aromatic carboxylic acids is 1. The van der Waals surface area contributed by atoms with E-state index in [9.17, 15) is 9.90 Å². The summed E-state index contributed by atoms with van der Waals surface area (Å²) in [5.41, 5.74) is 2.50. The third kappa shape index (κ3) is 2.38.